The Hall–Kier alpha value is -5.06. The van der Waals surface area contributed by atoms with E-state index in [-0.39, 0.29) is 35.7 Å². The summed E-state index contributed by atoms with van der Waals surface area (Å²) in [7, 11) is 3.26. The van der Waals surface area contributed by atoms with Crippen molar-refractivity contribution in [3.8, 4) is 0 Å². The number of amides is 2. The molecule has 0 saturated heterocycles. The quantitative estimate of drug-likeness (QED) is 0.0347. The zero-order valence-corrected chi connectivity index (χ0v) is 32.7. The maximum absolute atomic E-state index is 14.3. The van der Waals surface area contributed by atoms with Crippen LogP contribution in [0.2, 0.25) is 0 Å². The summed E-state index contributed by atoms with van der Waals surface area (Å²) in [6.07, 6.45) is 7.61. The number of aldehydes is 1. The van der Waals surface area contributed by atoms with Crippen molar-refractivity contribution in [2.24, 2.45) is 12.8 Å². The summed E-state index contributed by atoms with van der Waals surface area (Å²) in [6.45, 7) is 2.82. The molecule has 16 heteroatoms. The summed E-state index contributed by atoms with van der Waals surface area (Å²) in [6, 6.07) is 15.2. The van der Waals surface area contributed by atoms with Gasteiger partial charge in [0.2, 0.25) is 11.9 Å². The van der Waals surface area contributed by atoms with Crippen molar-refractivity contribution in [2.45, 2.75) is 62.8 Å². The third-order valence-corrected chi connectivity index (χ3v) is 10.4. The molecule has 2 amide bonds. The third-order valence-electron chi connectivity index (χ3n) is 8.97. The minimum Gasteiger partial charge on any atom is -0.365 e. The molecule has 5 rings (SSSR count). The van der Waals surface area contributed by atoms with Crippen molar-refractivity contribution in [3.05, 3.63) is 98.3 Å². The minimum absolute atomic E-state index is 0.186. The number of hydrogen-bond acceptors (Lipinski definition) is 10. The number of unbranched alkanes of at least 4 members (excludes halogenated alkanes) is 3. The van der Waals surface area contributed by atoms with Crippen LogP contribution in [0.5, 0.6) is 0 Å². The molecule has 284 valence electrons. The molecule has 0 bridgehead atoms. The van der Waals surface area contributed by atoms with E-state index in [0.717, 1.165) is 72.2 Å². The predicted octanol–water partition coefficient (Wildman–Crippen LogP) is 6.59. The number of carbonyl (C=O) groups excluding carboxylic acids is 3. The molecule has 54 heavy (non-hydrogen) atoms. The second kappa shape index (κ2) is 18.8. The van der Waals surface area contributed by atoms with Crippen molar-refractivity contribution < 1.29 is 18.8 Å². The lowest BCUT2D eigenvalue weighted by Gasteiger charge is -2.16. The number of anilines is 4. The molecule has 0 aliphatic rings. The van der Waals surface area contributed by atoms with Crippen molar-refractivity contribution >= 4 is 80.2 Å². The van der Waals surface area contributed by atoms with Gasteiger partial charge in [-0.25, -0.2) is 14.2 Å². The van der Waals surface area contributed by atoms with Gasteiger partial charge in [0.25, 0.3) is 5.91 Å². The number of aryl methyl sites for hydroxylation is 3. The summed E-state index contributed by atoms with van der Waals surface area (Å²) in [5.74, 6) is -1.28. The van der Waals surface area contributed by atoms with E-state index in [1.54, 1.807) is 35.8 Å². The highest BCUT2D eigenvalue weighted by Crippen LogP contribution is 2.30. The molecule has 13 nitrogen and oxygen atoms in total. The molecule has 1 unspecified atom stereocenters. The van der Waals surface area contributed by atoms with Gasteiger partial charge in [-0.05, 0) is 108 Å². The van der Waals surface area contributed by atoms with Crippen LogP contribution < -0.4 is 32.1 Å². The smallest absolute Gasteiger partial charge is 0.329 e. The van der Waals surface area contributed by atoms with Gasteiger partial charge < -0.3 is 26.5 Å². The normalized spacial score (nSPS) is 11.7. The van der Waals surface area contributed by atoms with Crippen LogP contribution in [0.1, 0.15) is 66.1 Å². The number of rotatable bonds is 19. The number of carbonyl (C=O) groups is 3. The van der Waals surface area contributed by atoms with Crippen LogP contribution in [0.4, 0.5) is 27.5 Å². The van der Waals surface area contributed by atoms with Gasteiger partial charge in [-0.2, -0.15) is 4.98 Å². The number of para-hydroxylation sites is 1. The number of imidazole rings is 1. The van der Waals surface area contributed by atoms with Gasteiger partial charge >= 0.3 is 5.69 Å². The standard InChI is InChI=1S/C38H43BrFN9O4S/c1-23-21-25(17-18-28(23)46-37-43-22-26(39)35(47-37)45-29-14-9-13-27(40)32(29)34(41)51)54-44-19-7-5-4-6-11-24-12-8-15-30-33(24)48(3)38(53)49(30)31(16-10-20-50)36(52)42-2/h8-9,12-15,17-18,20-22,31,44H,4-7,10-11,16,19H2,1-3H3,(H2,41,51)(H,42,52)(H2,43,45,46,47). The third kappa shape index (κ3) is 9.53. The van der Waals surface area contributed by atoms with E-state index in [4.69, 9.17) is 5.73 Å². The molecule has 0 aliphatic heterocycles. The van der Waals surface area contributed by atoms with Crippen molar-refractivity contribution in [1.29, 1.82) is 0 Å². The lowest BCUT2D eigenvalue weighted by Crippen LogP contribution is -2.36. The molecule has 0 saturated carbocycles. The van der Waals surface area contributed by atoms with E-state index in [1.165, 1.54) is 23.7 Å². The average Bonchev–Trinajstić information content (AvgIpc) is 3.40. The number of nitrogens with zero attached hydrogens (tertiary/aromatic N) is 4. The highest BCUT2D eigenvalue weighted by molar-refractivity contribution is 9.10. The fourth-order valence-corrected chi connectivity index (χ4v) is 7.35. The molecule has 2 aromatic heterocycles. The van der Waals surface area contributed by atoms with E-state index < -0.39 is 17.8 Å². The van der Waals surface area contributed by atoms with Gasteiger partial charge in [-0.15, -0.1) is 0 Å². The van der Waals surface area contributed by atoms with Gasteiger partial charge in [0.15, 0.2) is 0 Å². The number of nitrogens with one attached hydrogen (secondary N) is 4. The Morgan fingerprint density at radius 1 is 1.06 bits per heavy atom. The molecule has 0 fully saturated rings. The van der Waals surface area contributed by atoms with E-state index in [2.05, 4.69) is 52.6 Å². The Morgan fingerprint density at radius 3 is 2.57 bits per heavy atom. The minimum atomic E-state index is -0.893. The summed E-state index contributed by atoms with van der Waals surface area (Å²) < 4.78 is 21.3. The molecule has 0 spiro atoms. The monoisotopic (exact) mass is 819 g/mol. The first-order chi connectivity index (χ1) is 26.0. The highest BCUT2D eigenvalue weighted by atomic mass is 79.9. The van der Waals surface area contributed by atoms with Gasteiger partial charge in [-0.3, -0.25) is 23.4 Å². The Kier molecular flexibility index (Phi) is 14.0. The van der Waals surface area contributed by atoms with Crippen LogP contribution in [0, 0.1) is 12.7 Å². The van der Waals surface area contributed by atoms with E-state index >= 15 is 0 Å². The number of likely N-dealkylation sites (N-methyl/N-ethyl adjacent to an activating group) is 1. The summed E-state index contributed by atoms with van der Waals surface area (Å²) in [5.41, 5.74) is 9.43. The first-order valence-corrected chi connectivity index (χ1v) is 19.1. The van der Waals surface area contributed by atoms with Crippen LogP contribution in [0.15, 0.2) is 75.0 Å². The topological polar surface area (TPSA) is 178 Å². The van der Waals surface area contributed by atoms with Crippen molar-refractivity contribution in [2.75, 3.05) is 24.2 Å². The van der Waals surface area contributed by atoms with Crippen LogP contribution in [0.25, 0.3) is 11.0 Å². The summed E-state index contributed by atoms with van der Waals surface area (Å²) in [5, 5.41) is 8.82. The maximum atomic E-state index is 14.3. The molecule has 0 aliphatic carbocycles. The van der Waals surface area contributed by atoms with Gasteiger partial charge in [0.1, 0.15) is 24.0 Å². The number of halogens is 2. The van der Waals surface area contributed by atoms with Gasteiger partial charge in [-0.1, -0.05) is 31.0 Å². The number of primary amides is 1. The molecule has 5 aromatic rings. The second-order valence-corrected chi connectivity index (χ2v) is 14.5. The fraction of sp³-hybridized carbons (Fsp3) is 0.316. The highest BCUT2D eigenvalue weighted by Gasteiger charge is 2.25. The molecular weight excluding hydrogens is 777 g/mol. The lowest BCUT2D eigenvalue weighted by atomic mass is 10.0. The largest absolute Gasteiger partial charge is 0.365 e. The SMILES string of the molecule is CNC(=O)C(CCC=O)n1c(=O)n(C)c2c(CCCCCCNSc3ccc(Nc4ncc(Br)c(Nc5cccc(F)c5C(N)=O)n4)c(C)c3)cccc21. The van der Waals surface area contributed by atoms with Gasteiger partial charge in [0, 0.05) is 43.8 Å². The fourth-order valence-electron chi connectivity index (χ4n) is 6.27. The molecule has 3 aromatic carbocycles. The van der Waals surface area contributed by atoms with Crippen LogP contribution in [-0.2, 0) is 23.1 Å². The van der Waals surface area contributed by atoms with E-state index in [9.17, 15) is 23.6 Å². The lowest BCUT2D eigenvalue weighted by molar-refractivity contribution is -0.124. The zero-order valence-electron chi connectivity index (χ0n) is 30.2. The van der Waals surface area contributed by atoms with Crippen LogP contribution in [-0.4, -0.2) is 50.8 Å². The number of aromatic nitrogens is 4. The Morgan fingerprint density at radius 2 is 1.83 bits per heavy atom. The first kappa shape index (κ1) is 40.1. The maximum Gasteiger partial charge on any atom is 0.329 e. The van der Waals surface area contributed by atoms with Crippen LogP contribution >= 0.6 is 27.9 Å². The van der Waals surface area contributed by atoms with Crippen molar-refractivity contribution in [3.63, 3.8) is 0 Å². The van der Waals surface area contributed by atoms with E-state index in [1.807, 2.05) is 37.3 Å². The molecule has 6 N–H and O–H groups in total. The Bertz CT molecular complexity index is 2210. The molecular formula is C38H43BrFN9O4S. The average molecular weight is 821 g/mol. The molecule has 1 atom stereocenters. The Balaban J connectivity index is 1.09. The number of fused-ring (bicyclic) bond motifs is 1. The number of nitrogens with two attached hydrogens (primary N) is 1. The molecule has 0 radical (unpaired) electrons. The Labute approximate surface area is 325 Å². The second-order valence-electron chi connectivity index (χ2n) is 12.7. The summed E-state index contributed by atoms with van der Waals surface area (Å²) >= 11 is 4.96. The summed E-state index contributed by atoms with van der Waals surface area (Å²) in [4.78, 5) is 58.7. The first-order valence-electron chi connectivity index (χ1n) is 17.5. The van der Waals surface area contributed by atoms with Gasteiger partial charge in [0.05, 0.1) is 26.8 Å². The number of hydrogen-bond donors (Lipinski definition) is 5. The zero-order chi connectivity index (χ0) is 38.8. The number of benzene rings is 3. The predicted molar refractivity (Wildman–Crippen MR) is 214 cm³/mol. The van der Waals surface area contributed by atoms with Crippen molar-refractivity contribution in [1.82, 2.24) is 29.1 Å². The molecule has 2 heterocycles. The van der Waals surface area contributed by atoms with Crippen LogP contribution in [0.3, 0.4) is 0 Å². The van der Waals surface area contributed by atoms with E-state index in [0.29, 0.717) is 21.8 Å².